The number of benzene rings is 1. The molecule has 3 aromatic rings. The molecule has 0 radical (unpaired) electrons. The van der Waals surface area contributed by atoms with Crippen LogP contribution < -0.4 is 9.47 Å². The molecule has 4 heteroatoms. The summed E-state index contributed by atoms with van der Waals surface area (Å²) < 4.78 is 10.6. The molecule has 1 aromatic carbocycles. The largest absolute Gasteiger partial charge is 0.497 e. The first-order valence-corrected chi connectivity index (χ1v) is 5.32. The van der Waals surface area contributed by atoms with Crippen molar-refractivity contribution in [1.82, 2.24) is 9.97 Å². The molecular formula is C13H12N2O2. The highest BCUT2D eigenvalue weighted by Crippen LogP contribution is 2.35. The molecule has 1 N–H and O–H groups in total. The Bertz CT molecular complexity index is 688. The van der Waals surface area contributed by atoms with Gasteiger partial charge < -0.3 is 14.5 Å². The van der Waals surface area contributed by atoms with Crippen molar-refractivity contribution < 1.29 is 9.47 Å². The number of aromatic amines is 1. The Morgan fingerprint density at radius 3 is 2.82 bits per heavy atom. The lowest BCUT2D eigenvalue weighted by atomic mass is 10.1. The fourth-order valence-electron chi connectivity index (χ4n) is 2.08. The number of H-pyrrole nitrogens is 1. The summed E-state index contributed by atoms with van der Waals surface area (Å²) >= 11 is 0. The zero-order chi connectivity index (χ0) is 11.8. The van der Waals surface area contributed by atoms with E-state index in [1.54, 1.807) is 20.4 Å². The van der Waals surface area contributed by atoms with Crippen LogP contribution in [0.25, 0.3) is 21.9 Å². The van der Waals surface area contributed by atoms with Gasteiger partial charge in [-0.3, -0.25) is 0 Å². The SMILES string of the molecule is COc1cc(OC)c2c(c1)[nH]c1ncccc12. The van der Waals surface area contributed by atoms with Gasteiger partial charge in [0.1, 0.15) is 17.1 Å². The highest BCUT2D eigenvalue weighted by atomic mass is 16.5. The first-order valence-electron chi connectivity index (χ1n) is 5.32. The minimum absolute atomic E-state index is 0.765. The lowest BCUT2D eigenvalue weighted by molar-refractivity contribution is 0.398. The number of rotatable bonds is 2. The predicted molar refractivity (Wildman–Crippen MR) is 66.7 cm³/mol. The summed E-state index contributed by atoms with van der Waals surface area (Å²) in [6, 6.07) is 7.76. The second-order valence-electron chi connectivity index (χ2n) is 3.78. The molecule has 0 spiro atoms. The Morgan fingerprint density at radius 2 is 2.06 bits per heavy atom. The minimum Gasteiger partial charge on any atom is -0.497 e. The van der Waals surface area contributed by atoms with Crippen LogP contribution in [0.5, 0.6) is 11.5 Å². The van der Waals surface area contributed by atoms with Crippen molar-refractivity contribution in [1.29, 1.82) is 0 Å². The zero-order valence-electron chi connectivity index (χ0n) is 9.65. The van der Waals surface area contributed by atoms with Crippen LogP contribution in [0.3, 0.4) is 0 Å². The Labute approximate surface area is 98.2 Å². The van der Waals surface area contributed by atoms with Crippen molar-refractivity contribution in [2.24, 2.45) is 0 Å². The van der Waals surface area contributed by atoms with E-state index >= 15 is 0 Å². The molecule has 2 aromatic heterocycles. The lowest BCUT2D eigenvalue weighted by Crippen LogP contribution is -1.87. The minimum atomic E-state index is 0.765. The lowest BCUT2D eigenvalue weighted by Gasteiger charge is -2.05. The molecule has 4 nitrogen and oxygen atoms in total. The Balaban J connectivity index is 2.47. The van der Waals surface area contributed by atoms with E-state index < -0.39 is 0 Å². The average Bonchev–Trinajstić information content (AvgIpc) is 2.75. The molecule has 2 heterocycles. The van der Waals surface area contributed by atoms with E-state index in [4.69, 9.17) is 9.47 Å². The van der Waals surface area contributed by atoms with Gasteiger partial charge in [-0.15, -0.1) is 0 Å². The molecular weight excluding hydrogens is 216 g/mol. The van der Waals surface area contributed by atoms with Gasteiger partial charge in [0.05, 0.1) is 25.1 Å². The molecule has 0 aliphatic heterocycles. The number of ether oxygens (including phenoxy) is 2. The van der Waals surface area contributed by atoms with Crippen molar-refractivity contribution in [3.05, 3.63) is 30.5 Å². The van der Waals surface area contributed by atoms with Crippen molar-refractivity contribution in [3.63, 3.8) is 0 Å². The maximum Gasteiger partial charge on any atom is 0.138 e. The highest BCUT2D eigenvalue weighted by Gasteiger charge is 2.11. The summed E-state index contributed by atoms with van der Waals surface area (Å²) in [7, 11) is 3.30. The third kappa shape index (κ3) is 1.41. The molecule has 3 rings (SSSR count). The molecule has 0 aliphatic rings. The van der Waals surface area contributed by atoms with Crippen molar-refractivity contribution in [3.8, 4) is 11.5 Å². The molecule has 0 bridgehead atoms. The van der Waals surface area contributed by atoms with Gasteiger partial charge in [-0.25, -0.2) is 4.98 Å². The number of pyridine rings is 1. The average molecular weight is 228 g/mol. The zero-order valence-corrected chi connectivity index (χ0v) is 9.65. The maximum absolute atomic E-state index is 5.41. The molecule has 0 saturated heterocycles. The number of hydrogen-bond acceptors (Lipinski definition) is 3. The van der Waals surface area contributed by atoms with Gasteiger partial charge in [0.15, 0.2) is 0 Å². The molecule has 0 unspecified atom stereocenters. The maximum atomic E-state index is 5.41. The normalized spacial score (nSPS) is 10.9. The number of methoxy groups -OCH3 is 2. The Morgan fingerprint density at radius 1 is 1.18 bits per heavy atom. The number of fused-ring (bicyclic) bond motifs is 3. The van der Waals surface area contributed by atoms with E-state index in [0.29, 0.717) is 0 Å². The van der Waals surface area contributed by atoms with Crippen molar-refractivity contribution >= 4 is 21.9 Å². The summed E-state index contributed by atoms with van der Waals surface area (Å²) in [5.74, 6) is 1.56. The monoisotopic (exact) mass is 228 g/mol. The second kappa shape index (κ2) is 3.66. The quantitative estimate of drug-likeness (QED) is 0.733. The molecule has 0 saturated carbocycles. The van der Waals surface area contributed by atoms with Gasteiger partial charge in [-0.1, -0.05) is 0 Å². The van der Waals surface area contributed by atoms with Crippen LogP contribution in [0.1, 0.15) is 0 Å². The third-order valence-electron chi connectivity index (χ3n) is 2.86. The number of nitrogens with zero attached hydrogens (tertiary/aromatic N) is 1. The van der Waals surface area contributed by atoms with E-state index in [1.807, 2.05) is 24.3 Å². The van der Waals surface area contributed by atoms with Crippen LogP contribution >= 0.6 is 0 Å². The fourth-order valence-corrected chi connectivity index (χ4v) is 2.08. The van der Waals surface area contributed by atoms with Crippen LogP contribution in [0.2, 0.25) is 0 Å². The number of aromatic nitrogens is 2. The highest BCUT2D eigenvalue weighted by molar-refractivity contribution is 6.09. The summed E-state index contributed by atoms with van der Waals surface area (Å²) in [6.45, 7) is 0. The Hall–Kier alpha value is -2.23. The van der Waals surface area contributed by atoms with Crippen LogP contribution in [0.15, 0.2) is 30.5 Å². The molecule has 17 heavy (non-hydrogen) atoms. The van der Waals surface area contributed by atoms with Crippen molar-refractivity contribution in [2.75, 3.05) is 14.2 Å². The summed E-state index contributed by atoms with van der Waals surface area (Å²) in [4.78, 5) is 7.55. The summed E-state index contributed by atoms with van der Waals surface area (Å²) in [6.07, 6.45) is 1.77. The number of nitrogens with one attached hydrogen (secondary N) is 1. The molecule has 0 fully saturated rings. The molecule has 0 amide bonds. The predicted octanol–water partition coefficient (Wildman–Crippen LogP) is 2.73. The summed E-state index contributed by atoms with van der Waals surface area (Å²) in [5.41, 5.74) is 1.82. The van der Waals surface area contributed by atoms with Gasteiger partial charge in [0.2, 0.25) is 0 Å². The van der Waals surface area contributed by atoms with Crippen LogP contribution in [-0.4, -0.2) is 24.2 Å². The number of hydrogen-bond donors (Lipinski definition) is 1. The summed E-state index contributed by atoms with van der Waals surface area (Å²) in [5, 5.41) is 2.10. The van der Waals surface area contributed by atoms with Crippen LogP contribution in [0.4, 0.5) is 0 Å². The van der Waals surface area contributed by atoms with Crippen LogP contribution in [-0.2, 0) is 0 Å². The molecule has 86 valence electrons. The van der Waals surface area contributed by atoms with Crippen molar-refractivity contribution in [2.45, 2.75) is 0 Å². The standard InChI is InChI=1S/C13H12N2O2/c1-16-8-6-10-12(11(7-8)17-2)9-4-3-5-14-13(9)15-10/h3-7H,1-2H3,(H,14,15). The molecule has 0 aliphatic carbocycles. The van der Waals surface area contributed by atoms with Crippen LogP contribution in [0, 0.1) is 0 Å². The van der Waals surface area contributed by atoms with E-state index in [0.717, 1.165) is 33.4 Å². The van der Waals surface area contributed by atoms with E-state index in [2.05, 4.69) is 9.97 Å². The van der Waals surface area contributed by atoms with Gasteiger partial charge in [-0.05, 0) is 12.1 Å². The van der Waals surface area contributed by atoms with E-state index in [1.165, 1.54) is 0 Å². The fraction of sp³-hybridized carbons (Fsp3) is 0.154. The second-order valence-corrected chi connectivity index (χ2v) is 3.78. The van der Waals surface area contributed by atoms with Gasteiger partial charge in [-0.2, -0.15) is 0 Å². The third-order valence-corrected chi connectivity index (χ3v) is 2.86. The topological polar surface area (TPSA) is 47.1 Å². The Kier molecular flexibility index (Phi) is 2.14. The molecule has 0 atom stereocenters. The van der Waals surface area contributed by atoms with Gasteiger partial charge in [0.25, 0.3) is 0 Å². The van der Waals surface area contributed by atoms with Gasteiger partial charge >= 0.3 is 0 Å². The smallest absolute Gasteiger partial charge is 0.138 e. The first kappa shape index (κ1) is 9.96. The first-order chi connectivity index (χ1) is 8.33. The van der Waals surface area contributed by atoms with E-state index in [-0.39, 0.29) is 0 Å². The van der Waals surface area contributed by atoms with Gasteiger partial charge in [0, 0.05) is 23.7 Å². The van der Waals surface area contributed by atoms with E-state index in [9.17, 15) is 0 Å².